The molecule has 0 aliphatic carbocycles. The van der Waals surface area contributed by atoms with Crippen LogP contribution >= 0.6 is 16.6 Å². The van der Waals surface area contributed by atoms with Crippen LogP contribution in [0.1, 0.15) is 6.23 Å². The van der Waals surface area contributed by atoms with Crippen LogP contribution in [0.2, 0.25) is 0 Å². The summed E-state index contributed by atoms with van der Waals surface area (Å²) in [5.74, 6) is 0.284. The smallest absolute Gasteiger partial charge is 0.382 e. The highest BCUT2D eigenvalue weighted by Gasteiger charge is 2.32. The normalized spacial score (nSPS) is 23.4. The highest BCUT2D eigenvalue weighted by atomic mass is 31.1. The van der Waals surface area contributed by atoms with Crippen LogP contribution in [-0.2, 0) is 18.4 Å². The van der Waals surface area contributed by atoms with E-state index >= 15 is 0 Å². The maximum absolute atomic E-state index is 11.3. The predicted molar refractivity (Wildman–Crippen MR) is 82.3 cm³/mol. The molecule has 1 saturated heterocycles. The van der Waals surface area contributed by atoms with Crippen LogP contribution in [0.25, 0.3) is 11.2 Å². The van der Waals surface area contributed by atoms with E-state index in [-0.39, 0.29) is 27.1 Å². The van der Waals surface area contributed by atoms with E-state index in [4.69, 9.17) is 15.0 Å². The minimum Gasteiger partial charge on any atom is -0.382 e. The van der Waals surface area contributed by atoms with Gasteiger partial charge in [-0.2, -0.15) is 0 Å². The highest BCUT2D eigenvalue weighted by molar-refractivity contribution is 7.38. The molecule has 2 N–H and O–H groups in total. The van der Waals surface area contributed by atoms with Gasteiger partial charge in [-0.25, -0.2) is 19.6 Å². The number of nitrogens with zero attached hydrogens (tertiary/aromatic N) is 5. The number of ether oxygens (including phenoxy) is 1. The van der Waals surface area contributed by atoms with Crippen LogP contribution in [0, 0.1) is 0 Å². The summed E-state index contributed by atoms with van der Waals surface area (Å²) in [5, 5.41) is 0. The highest BCUT2D eigenvalue weighted by Crippen LogP contribution is 2.28. The lowest BCUT2D eigenvalue weighted by atomic mass is 10.3. The summed E-state index contributed by atoms with van der Waals surface area (Å²) in [6, 6.07) is 0. The van der Waals surface area contributed by atoms with Crippen LogP contribution < -0.4 is 5.73 Å². The van der Waals surface area contributed by atoms with Crippen LogP contribution in [0.3, 0.4) is 0 Å². The molecule has 3 unspecified atom stereocenters. The molecule has 12 heteroatoms. The fraction of sp³-hybridized carbons (Fsp3) is 0.545. The van der Waals surface area contributed by atoms with Crippen molar-refractivity contribution in [2.45, 2.75) is 12.3 Å². The van der Waals surface area contributed by atoms with Crippen LogP contribution in [0.5, 0.6) is 0 Å². The zero-order valence-corrected chi connectivity index (χ0v) is 14.1. The topological polar surface area (TPSA) is 125 Å². The van der Waals surface area contributed by atoms with Crippen molar-refractivity contribution < 1.29 is 18.4 Å². The Morgan fingerprint density at radius 3 is 3.04 bits per heavy atom. The maximum Gasteiger partial charge on any atom is 0.504 e. The molecule has 0 radical (unpaired) electrons. The Hall–Kier alpha value is -1.57. The second-order valence-electron chi connectivity index (χ2n) is 4.98. The lowest BCUT2D eigenvalue weighted by Crippen LogP contribution is -2.43. The van der Waals surface area contributed by atoms with Crippen molar-refractivity contribution in [2.24, 2.45) is 0 Å². The Morgan fingerprint density at radius 2 is 2.30 bits per heavy atom. The van der Waals surface area contributed by atoms with Crippen LogP contribution in [-0.4, -0.2) is 56.7 Å². The molecule has 1 aliphatic heterocycles. The number of fused-ring (bicyclic) bond motifs is 1. The molecule has 0 amide bonds. The van der Waals surface area contributed by atoms with E-state index in [0.29, 0.717) is 24.3 Å². The molecule has 0 spiro atoms. The van der Waals surface area contributed by atoms with Gasteiger partial charge in [0.25, 0.3) is 0 Å². The number of imidazole rings is 1. The summed E-state index contributed by atoms with van der Waals surface area (Å²) < 4.78 is 36.8. The largest absolute Gasteiger partial charge is 0.504 e. The molecule has 10 nitrogen and oxygen atoms in total. The second-order valence-corrected chi connectivity index (χ2v) is 6.85. The van der Waals surface area contributed by atoms with Crippen molar-refractivity contribution in [1.29, 1.82) is 0 Å². The zero-order chi connectivity index (χ0) is 16.4. The molecule has 0 saturated carbocycles. The van der Waals surface area contributed by atoms with Gasteiger partial charge in [-0.15, -0.1) is 4.52 Å². The minimum absolute atomic E-state index is 0.116. The van der Waals surface area contributed by atoms with Crippen molar-refractivity contribution in [3.63, 3.8) is 0 Å². The third-order valence-corrected chi connectivity index (χ3v) is 4.46. The Balaban J connectivity index is 1.85. The van der Waals surface area contributed by atoms with E-state index in [1.165, 1.54) is 13.0 Å². The Morgan fingerprint density at radius 1 is 1.48 bits per heavy atom. The fourth-order valence-corrected chi connectivity index (χ4v) is 3.21. The summed E-state index contributed by atoms with van der Waals surface area (Å²) in [4.78, 5) is 12.3. The molecule has 2 aromatic heterocycles. The summed E-state index contributed by atoms with van der Waals surface area (Å²) in [6.07, 6.45) is 2.08. The molecule has 23 heavy (non-hydrogen) atoms. The molecule has 122 valence electrons. The number of aromatic nitrogens is 4. The SMILES string of the molecule is C[P+](=O)OCC1CN(P=O)CC(n2cnc3c(N)ncnc32)O1. The number of anilines is 1. The van der Waals surface area contributed by atoms with E-state index in [9.17, 15) is 9.13 Å². The molecule has 0 bridgehead atoms. The van der Waals surface area contributed by atoms with Gasteiger partial charge in [-0.1, -0.05) is 0 Å². The Labute approximate surface area is 134 Å². The number of rotatable bonds is 5. The number of hydrogen-bond acceptors (Lipinski definition) is 8. The standard InChI is InChI=1S/C11H15N6O4P2/c1-23(19)20-4-7-2-16(22-18)3-8(21-7)17-6-15-9-10(12)13-5-14-11(9)17/h5-8H,2-4H2,1H3,(H2,12,13,14)/q+1. The second kappa shape index (κ2) is 6.90. The quantitative estimate of drug-likeness (QED) is 0.786. The summed E-state index contributed by atoms with van der Waals surface area (Å²) in [5.41, 5.74) is 6.80. The van der Waals surface area contributed by atoms with Gasteiger partial charge in [0.2, 0.25) is 8.61 Å². The van der Waals surface area contributed by atoms with Gasteiger partial charge in [0, 0.05) is 6.54 Å². The first-order valence-corrected chi connectivity index (χ1v) is 9.18. The molecule has 3 rings (SSSR count). The lowest BCUT2D eigenvalue weighted by Gasteiger charge is -2.34. The third-order valence-electron chi connectivity index (χ3n) is 3.39. The molecular weight excluding hydrogens is 342 g/mol. The first-order valence-electron chi connectivity index (χ1n) is 6.79. The van der Waals surface area contributed by atoms with E-state index < -0.39 is 14.3 Å². The lowest BCUT2D eigenvalue weighted by molar-refractivity contribution is -0.110. The van der Waals surface area contributed by atoms with Gasteiger partial charge < -0.3 is 10.5 Å². The fourth-order valence-electron chi connectivity index (χ4n) is 2.38. The summed E-state index contributed by atoms with van der Waals surface area (Å²) in [6.45, 7) is 2.42. The van der Waals surface area contributed by atoms with Crippen LogP contribution in [0.4, 0.5) is 5.82 Å². The monoisotopic (exact) mass is 357 g/mol. The molecule has 2 aromatic rings. The summed E-state index contributed by atoms with van der Waals surface area (Å²) >= 11 is 0. The Bertz CT molecular complexity index is 740. The van der Waals surface area contributed by atoms with Gasteiger partial charge in [0.15, 0.2) is 24.4 Å². The number of nitrogens with two attached hydrogens (primary N) is 1. The molecule has 1 fully saturated rings. The molecule has 0 aromatic carbocycles. The van der Waals surface area contributed by atoms with Gasteiger partial charge in [0.05, 0.1) is 12.9 Å². The Kier molecular flexibility index (Phi) is 4.89. The number of morpholine rings is 1. The first-order chi connectivity index (χ1) is 11.1. The molecular formula is C11H15N6O4P2+. The van der Waals surface area contributed by atoms with Crippen molar-refractivity contribution in [3.05, 3.63) is 12.7 Å². The average Bonchev–Trinajstić information content (AvgIpc) is 2.98. The average molecular weight is 357 g/mol. The van der Waals surface area contributed by atoms with Gasteiger partial charge >= 0.3 is 8.03 Å². The first kappa shape index (κ1) is 16.3. The van der Waals surface area contributed by atoms with Crippen molar-refractivity contribution in [2.75, 3.05) is 32.1 Å². The van der Waals surface area contributed by atoms with E-state index in [1.807, 2.05) is 0 Å². The molecule has 3 atom stereocenters. The van der Waals surface area contributed by atoms with Gasteiger partial charge in [0.1, 0.15) is 24.6 Å². The molecule has 3 heterocycles. The maximum atomic E-state index is 11.3. The van der Waals surface area contributed by atoms with E-state index in [0.717, 1.165) is 0 Å². The van der Waals surface area contributed by atoms with Crippen LogP contribution in [0.15, 0.2) is 12.7 Å². The number of hydrogen-bond donors (Lipinski definition) is 1. The van der Waals surface area contributed by atoms with Crippen molar-refractivity contribution in [1.82, 2.24) is 24.2 Å². The van der Waals surface area contributed by atoms with Crippen molar-refractivity contribution in [3.8, 4) is 0 Å². The summed E-state index contributed by atoms with van der Waals surface area (Å²) in [7, 11) is -1.84. The van der Waals surface area contributed by atoms with E-state index in [1.54, 1.807) is 15.6 Å². The number of nitrogen functional groups attached to an aromatic ring is 1. The third kappa shape index (κ3) is 3.52. The van der Waals surface area contributed by atoms with Crippen molar-refractivity contribution >= 4 is 33.6 Å². The molecule has 1 aliphatic rings. The van der Waals surface area contributed by atoms with Gasteiger partial charge in [-0.3, -0.25) is 9.13 Å². The predicted octanol–water partition coefficient (Wildman–Crippen LogP) is 1.20. The zero-order valence-electron chi connectivity index (χ0n) is 12.3. The minimum atomic E-state index is -1.72. The van der Waals surface area contributed by atoms with E-state index in [2.05, 4.69) is 15.0 Å². The van der Waals surface area contributed by atoms with Gasteiger partial charge in [-0.05, 0) is 4.57 Å².